The topological polar surface area (TPSA) is 9.23 Å². The molecule has 0 aromatic heterocycles. The van der Waals surface area contributed by atoms with Crippen molar-refractivity contribution < 1.29 is 4.43 Å². The van der Waals surface area contributed by atoms with Crippen molar-refractivity contribution in [3.05, 3.63) is 0 Å². The first-order valence-electron chi connectivity index (χ1n) is 9.67. The van der Waals surface area contributed by atoms with Gasteiger partial charge in [-0.1, -0.05) is 77.3 Å². The Kier molecular flexibility index (Phi) is 10.1. The van der Waals surface area contributed by atoms with E-state index in [9.17, 15) is 0 Å². The average molecular weight is 361 g/mol. The van der Waals surface area contributed by atoms with E-state index in [4.69, 9.17) is 4.43 Å². The molecule has 1 unspecified atom stereocenters. The summed E-state index contributed by atoms with van der Waals surface area (Å²) in [5.41, 5.74) is 0. The lowest BCUT2D eigenvalue weighted by Crippen LogP contribution is -2.56. The molecule has 0 radical (unpaired) electrons. The minimum Gasteiger partial charge on any atom is -0.415 e. The van der Waals surface area contributed by atoms with Crippen LogP contribution >= 0.6 is 0 Å². The smallest absolute Gasteiger partial charge is 0.187 e. The fraction of sp³-hybridized carbons (Fsp3) is 1.00. The molecule has 0 heterocycles. The van der Waals surface area contributed by atoms with Crippen LogP contribution in [0.15, 0.2) is 0 Å². The van der Waals surface area contributed by atoms with Crippen molar-refractivity contribution in [3.63, 3.8) is 0 Å². The summed E-state index contributed by atoms with van der Waals surface area (Å²) in [6.07, 6.45) is 6.06. The van der Waals surface area contributed by atoms with Crippen molar-refractivity contribution in [2.45, 2.75) is 116 Å². The SMILES string of the molecule is CCCC[Si](C)(C)[Si](C)(CCC)CCC[Si](C)(C)OC(C)C. The van der Waals surface area contributed by atoms with E-state index in [1.54, 1.807) is 18.1 Å². The predicted octanol–water partition coefficient (Wildman–Crippen LogP) is 7.08. The van der Waals surface area contributed by atoms with Crippen LogP contribution in [0.5, 0.6) is 0 Å². The lowest BCUT2D eigenvalue weighted by molar-refractivity contribution is 0.231. The summed E-state index contributed by atoms with van der Waals surface area (Å²) in [5, 5.41) is 0. The first-order valence-corrected chi connectivity index (χ1v) is 19.9. The monoisotopic (exact) mass is 360 g/mol. The first-order chi connectivity index (χ1) is 9.99. The van der Waals surface area contributed by atoms with Gasteiger partial charge in [-0.25, -0.2) is 0 Å². The standard InChI is InChI=1S/C18H44OSi3/c1-10-12-16-21(7,8)22(9,14-11-2)17-13-15-20(5,6)19-18(3)4/h18H,10-17H2,1-9H3. The Morgan fingerprint density at radius 3 is 1.77 bits per heavy atom. The van der Waals surface area contributed by atoms with Crippen molar-refractivity contribution in [1.82, 2.24) is 0 Å². The summed E-state index contributed by atoms with van der Waals surface area (Å²) in [4.78, 5) is 0. The average Bonchev–Trinajstić information content (AvgIpc) is 2.34. The van der Waals surface area contributed by atoms with Gasteiger partial charge in [-0.2, -0.15) is 0 Å². The van der Waals surface area contributed by atoms with E-state index in [2.05, 4.69) is 60.4 Å². The molecule has 1 atom stereocenters. The molecule has 0 bridgehead atoms. The quantitative estimate of drug-likeness (QED) is 0.338. The van der Waals surface area contributed by atoms with Gasteiger partial charge in [-0.05, 0) is 33.0 Å². The molecule has 1 nitrogen and oxygen atoms in total. The minimum absolute atomic E-state index is 0.399. The highest BCUT2D eigenvalue weighted by atomic mass is 29.3. The van der Waals surface area contributed by atoms with Crippen LogP contribution in [0.25, 0.3) is 0 Å². The summed E-state index contributed by atoms with van der Waals surface area (Å²) in [6.45, 7) is 22.1. The lowest BCUT2D eigenvalue weighted by atomic mass is 10.4. The second-order valence-corrected chi connectivity index (χ2v) is 29.4. The molecule has 0 spiro atoms. The van der Waals surface area contributed by atoms with Crippen LogP contribution in [0, 0.1) is 0 Å². The fourth-order valence-electron chi connectivity index (χ4n) is 3.88. The highest BCUT2D eigenvalue weighted by molar-refractivity contribution is 7.41. The van der Waals surface area contributed by atoms with Gasteiger partial charge in [0, 0.05) is 21.3 Å². The molecule has 4 heteroatoms. The van der Waals surface area contributed by atoms with Crippen molar-refractivity contribution in [2.75, 3.05) is 0 Å². The van der Waals surface area contributed by atoms with Crippen LogP contribution in [0.2, 0.25) is 56.9 Å². The Balaban J connectivity index is 4.69. The number of hydrogen-bond acceptors (Lipinski definition) is 1. The highest BCUT2D eigenvalue weighted by Crippen LogP contribution is 2.35. The van der Waals surface area contributed by atoms with Gasteiger partial charge < -0.3 is 4.43 Å². The summed E-state index contributed by atoms with van der Waals surface area (Å²) >= 11 is 0. The van der Waals surface area contributed by atoms with Crippen LogP contribution in [-0.2, 0) is 4.43 Å². The van der Waals surface area contributed by atoms with E-state index >= 15 is 0 Å². The zero-order valence-corrected chi connectivity index (χ0v) is 20.1. The number of rotatable bonds is 12. The van der Waals surface area contributed by atoms with Crippen molar-refractivity contribution in [2.24, 2.45) is 0 Å². The van der Waals surface area contributed by atoms with Crippen LogP contribution in [0.4, 0.5) is 0 Å². The van der Waals surface area contributed by atoms with Crippen molar-refractivity contribution in [3.8, 4) is 0 Å². The Labute approximate surface area is 144 Å². The van der Waals surface area contributed by atoms with Crippen molar-refractivity contribution in [1.29, 1.82) is 0 Å². The van der Waals surface area contributed by atoms with Gasteiger partial charge in [0.2, 0.25) is 0 Å². The van der Waals surface area contributed by atoms with Gasteiger partial charge in [0.1, 0.15) is 0 Å². The Bertz CT molecular complexity index is 303. The van der Waals surface area contributed by atoms with Crippen LogP contribution in [0.3, 0.4) is 0 Å². The molecule has 0 aliphatic carbocycles. The third-order valence-corrected chi connectivity index (χ3v) is 28.3. The summed E-state index contributed by atoms with van der Waals surface area (Å²) in [5.74, 6) is 0. The van der Waals surface area contributed by atoms with Crippen LogP contribution in [0.1, 0.15) is 53.4 Å². The van der Waals surface area contributed by atoms with Gasteiger partial charge in [0.25, 0.3) is 0 Å². The van der Waals surface area contributed by atoms with Crippen LogP contribution < -0.4 is 0 Å². The molecule has 134 valence electrons. The predicted molar refractivity (Wildman–Crippen MR) is 112 cm³/mol. The Morgan fingerprint density at radius 1 is 0.727 bits per heavy atom. The highest BCUT2D eigenvalue weighted by Gasteiger charge is 2.42. The number of unbranched alkanes of at least 4 members (excludes halogenated alkanes) is 1. The fourth-order valence-corrected chi connectivity index (χ4v) is 19.8. The zero-order chi connectivity index (χ0) is 17.4. The van der Waals surface area contributed by atoms with Gasteiger partial charge in [-0.15, -0.1) is 0 Å². The molecular weight excluding hydrogens is 316 g/mol. The largest absolute Gasteiger partial charge is 0.415 e. The molecule has 0 aliphatic heterocycles. The van der Waals surface area contributed by atoms with E-state index in [-0.39, 0.29) is 0 Å². The molecule has 0 saturated carbocycles. The maximum Gasteiger partial charge on any atom is 0.187 e. The maximum atomic E-state index is 6.23. The van der Waals surface area contributed by atoms with Gasteiger partial charge in [0.05, 0.1) is 0 Å². The molecule has 0 aromatic rings. The summed E-state index contributed by atoms with van der Waals surface area (Å²) < 4.78 is 6.23. The Morgan fingerprint density at radius 2 is 1.32 bits per heavy atom. The normalized spacial score (nSPS) is 16.1. The van der Waals surface area contributed by atoms with E-state index < -0.39 is 23.5 Å². The molecule has 0 aliphatic rings. The third-order valence-electron chi connectivity index (χ3n) is 5.65. The molecular formula is C18H44OSi3. The molecule has 0 fully saturated rings. The molecule has 0 rings (SSSR count). The number of hydrogen-bond donors (Lipinski definition) is 0. The zero-order valence-electron chi connectivity index (χ0n) is 17.1. The summed E-state index contributed by atoms with van der Waals surface area (Å²) in [7, 11) is -3.50. The second-order valence-electron chi connectivity index (χ2n) is 9.08. The van der Waals surface area contributed by atoms with Gasteiger partial charge in [-0.3, -0.25) is 0 Å². The third kappa shape index (κ3) is 7.93. The van der Waals surface area contributed by atoms with E-state index in [0.717, 1.165) is 0 Å². The van der Waals surface area contributed by atoms with E-state index in [1.165, 1.54) is 31.7 Å². The maximum absolute atomic E-state index is 6.23. The van der Waals surface area contributed by atoms with Crippen LogP contribution in [-0.4, -0.2) is 29.6 Å². The minimum atomic E-state index is -1.44. The Hall–Kier alpha value is 0.611. The van der Waals surface area contributed by atoms with Gasteiger partial charge in [0.15, 0.2) is 8.32 Å². The second kappa shape index (κ2) is 9.80. The van der Waals surface area contributed by atoms with E-state index in [0.29, 0.717) is 6.10 Å². The molecule has 0 amide bonds. The van der Waals surface area contributed by atoms with Gasteiger partial charge >= 0.3 is 0 Å². The molecule has 0 aromatic carbocycles. The lowest BCUT2D eigenvalue weighted by Gasteiger charge is -2.42. The molecule has 0 N–H and O–H groups in total. The van der Waals surface area contributed by atoms with E-state index in [1.807, 2.05) is 0 Å². The molecule has 22 heavy (non-hydrogen) atoms. The first kappa shape index (κ1) is 22.6. The summed E-state index contributed by atoms with van der Waals surface area (Å²) in [6, 6.07) is 6.04. The van der Waals surface area contributed by atoms with Crippen molar-refractivity contribution >= 4 is 23.5 Å². The molecule has 0 saturated heterocycles.